The zero-order valence-corrected chi connectivity index (χ0v) is 13.0. The molecule has 0 aliphatic heterocycles. The normalized spacial score (nSPS) is 10.1. The molecule has 0 aliphatic rings. The second-order valence-corrected chi connectivity index (χ2v) is 4.95. The molecule has 1 N–H and O–H groups in total. The lowest BCUT2D eigenvalue weighted by atomic mass is 10.1. The number of hydrogen-bond donors (Lipinski definition) is 1. The molecule has 0 spiro atoms. The maximum atomic E-state index is 12.6. The number of rotatable bonds is 6. The number of carbonyl (C=O) groups is 1. The van der Waals surface area contributed by atoms with E-state index in [-0.39, 0.29) is 12.5 Å². The largest absolute Gasteiger partial charge is 0.384 e. The van der Waals surface area contributed by atoms with E-state index in [9.17, 15) is 4.79 Å². The Hall–Kier alpha value is -1.90. The average molecular weight is 289 g/mol. The van der Waals surface area contributed by atoms with Crippen LogP contribution in [-0.4, -0.2) is 66.1 Å². The molecule has 114 valence electrons. The monoisotopic (exact) mass is 289 g/mol. The number of aromatic nitrogens is 1. The molecule has 1 rings (SSSR count). The zero-order chi connectivity index (χ0) is 15.7. The lowest BCUT2D eigenvalue weighted by Crippen LogP contribution is -2.38. The summed E-state index contributed by atoms with van der Waals surface area (Å²) in [4.78, 5) is 20.7. The number of amides is 1. The van der Waals surface area contributed by atoms with E-state index >= 15 is 0 Å². The van der Waals surface area contributed by atoms with Crippen LogP contribution in [-0.2, 0) is 0 Å². The molecule has 0 unspecified atom stereocenters. The minimum Gasteiger partial charge on any atom is -0.384 e. The van der Waals surface area contributed by atoms with Gasteiger partial charge in [0.2, 0.25) is 0 Å². The highest BCUT2D eigenvalue weighted by molar-refractivity contribution is 5.94. The van der Waals surface area contributed by atoms with E-state index < -0.39 is 0 Å². The number of hydrogen-bond acceptors (Lipinski definition) is 4. The summed E-state index contributed by atoms with van der Waals surface area (Å²) in [6, 6.07) is 3.49. The maximum Gasteiger partial charge on any atom is 0.273 e. The SMILES string of the molecule is CCCN(CCN(C)C)C(=O)c1ncccc1C#CCO. The van der Waals surface area contributed by atoms with Gasteiger partial charge in [0.15, 0.2) is 0 Å². The third-order valence-electron chi connectivity index (χ3n) is 2.91. The third kappa shape index (κ3) is 5.54. The third-order valence-corrected chi connectivity index (χ3v) is 2.91. The quantitative estimate of drug-likeness (QED) is 0.789. The molecule has 1 amide bonds. The van der Waals surface area contributed by atoms with Gasteiger partial charge >= 0.3 is 0 Å². The number of pyridine rings is 1. The second-order valence-electron chi connectivity index (χ2n) is 4.95. The van der Waals surface area contributed by atoms with Crippen LogP contribution >= 0.6 is 0 Å². The van der Waals surface area contributed by atoms with Gasteiger partial charge < -0.3 is 14.9 Å². The van der Waals surface area contributed by atoms with Crippen molar-refractivity contribution in [3.8, 4) is 11.8 Å². The molecule has 1 aromatic rings. The molecular weight excluding hydrogens is 266 g/mol. The van der Waals surface area contributed by atoms with Crippen LogP contribution in [0.1, 0.15) is 29.4 Å². The van der Waals surface area contributed by atoms with Crippen molar-refractivity contribution in [3.63, 3.8) is 0 Å². The molecule has 0 saturated heterocycles. The highest BCUT2D eigenvalue weighted by Crippen LogP contribution is 2.08. The van der Waals surface area contributed by atoms with E-state index in [0.717, 1.165) is 13.0 Å². The van der Waals surface area contributed by atoms with Gasteiger partial charge in [-0.15, -0.1) is 0 Å². The van der Waals surface area contributed by atoms with Gasteiger partial charge in [-0.3, -0.25) is 4.79 Å². The van der Waals surface area contributed by atoms with Crippen molar-refractivity contribution in [1.29, 1.82) is 0 Å². The van der Waals surface area contributed by atoms with Crippen molar-refractivity contribution in [2.24, 2.45) is 0 Å². The van der Waals surface area contributed by atoms with Gasteiger partial charge in [-0.25, -0.2) is 4.98 Å². The van der Waals surface area contributed by atoms with Crippen molar-refractivity contribution in [2.45, 2.75) is 13.3 Å². The summed E-state index contributed by atoms with van der Waals surface area (Å²) in [5, 5.41) is 8.80. The fraction of sp³-hybridized carbons (Fsp3) is 0.500. The molecule has 5 nitrogen and oxygen atoms in total. The van der Waals surface area contributed by atoms with E-state index in [1.54, 1.807) is 23.2 Å². The topological polar surface area (TPSA) is 56.7 Å². The molecule has 0 fully saturated rings. The summed E-state index contributed by atoms with van der Waals surface area (Å²) in [5.74, 6) is 5.24. The fourth-order valence-electron chi connectivity index (χ4n) is 1.87. The molecule has 1 aromatic heterocycles. The van der Waals surface area contributed by atoms with Gasteiger partial charge in [0, 0.05) is 25.8 Å². The molecule has 0 radical (unpaired) electrons. The second kappa shape index (κ2) is 9.11. The summed E-state index contributed by atoms with van der Waals surface area (Å²) in [5.41, 5.74) is 0.910. The summed E-state index contributed by atoms with van der Waals surface area (Å²) in [6.45, 7) is 3.96. The first-order chi connectivity index (χ1) is 10.1. The van der Waals surface area contributed by atoms with Crippen LogP contribution in [0.3, 0.4) is 0 Å². The van der Waals surface area contributed by atoms with E-state index in [1.807, 2.05) is 25.9 Å². The Balaban J connectivity index is 2.97. The highest BCUT2D eigenvalue weighted by atomic mass is 16.2. The first-order valence-corrected chi connectivity index (χ1v) is 7.08. The average Bonchev–Trinajstić information content (AvgIpc) is 2.48. The van der Waals surface area contributed by atoms with E-state index in [4.69, 9.17) is 5.11 Å². The molecular formula is C16H23N3O2. The van der Waals surface area contributed by atoms with Crippen molar-refractivity contribution >= 4 is 5.91 Å². The van der Waals surface area contributed by atoms with Crippen molar-refractivity contribution in [2.75, 3.05) is 40.3 Å². The summed E-state index contributed by atoms with van der Waals surface area (Å²) >= 11 is 0. The van der Waals surface area contributed by atoms with E-state index in [2.05, 4.69) is 16.8 Å². The minimum absolute atomic E-state index is 0.110. The first kappa shape index (κ1) is 17.2. The standard InChI is InChI=1S/C16H23N3O2/c1-4-10-19(12-11-18(2)3)16(21)15-14(8-6-13-20)7-5-9-17-15/h5,7,9,20H,4,10-13H2,1-3H3. The van der Waals surface area contributed by atoms with E-state index in [0.29, 0.717) is 24.3 Å². The fourth-order valence-corrected chi connectivity index (χ4v) is 1.87. The van der Waals surface area contributed by atoms with Gasteiger partial charge in [-0.1, -0.05) is 18.8 Å². The van der Waals surface area contributed by atoms with Crippen molar-refractivity contribution in [1.82, 2.24) is 14.8 Å². The van der Waals surface area contributed by atoms with Gasteiger partial charge in [-0.05, 0) is 32.6 Å². The van der Waals surface area contributed by atoms with Crippen LogP contribution in [0, 0.1) is 11.8 Å². The molecule has 21 heavy (non-hydrogen) atoms. The Morgan fingerprint density at radius 3 is 2.71 bits per heavy atom. The molecule has 0 atom stereocenters. The lowest BCUT2D eigenvalue weighted by molar-refractivity contribution is 0.0738. The Morgan fingerprint density at radius 1 is 1.33 bits per heavy atom. The Bertz CT molecular complexity index is 518. The summed E-state index contributed by atoms with van der Waals surface area (Å²) in [6.07, 6.45) is 2.48. The first-order valence-electron chi connectivity index (χ1n) is 7.08. The number of likely N-dealkylation sites (N-methyl/N-ethyl adjacent to an activating group) is 1. The molecule has 0 aromatic carbocycles. The Labute approximate surface area is 126 Å². The number of nitrogens with zero attached hydrogens (tertiary/aromatic N) is 3. The zero-order valence-electron chi connectivity index (χ0n) is 13.0. The number of aliphatic hydroxyl groups is 1. The predicted octanol–water partition coefficient (Wildman–Crippen LogP) is 0.839. The van der Waals surface area contributed by atoms with Gasteiger partial charge in [0.05, 0.1) is 5.56 Å². The molecule has 5 heteroatoms. The molecule has 0 bridgehead atoms. The van der Waals surface area contributed by atoms with Crippen LogP contribution in [0.25, 0.3) is 0 Å². The summed E-state index contributed by atoms with van der Waals surface area (Å²) in [7, 11) is 3.96. The van der Waals surface area contributed by atoms with Crippen LogP contribution in [0.4, 0.5) is 0 Å². The number of aliphatic hydroxyl groups excluding tert-OH is 1. The van der Waals surface area contributed by atoms with Crippen LogP contribution in [0.15, 0.2) is 18.3 Å². The van der Waals surface area contributed by atoms with Gasteiger partial charge in [0.1, 0.15) is 12.3 Å². The number of carbonyl (C=O) groups excluding carboxylic acids is 1. The van der Waals surface area contributed by atoms with Crippen molar-refractivity contribution in [3.05, 3.63) is 29.6 Å². The van der Waals surface area contributed by atoms with E-state index in [1.165, 1.54) is 0 Å². The van der Waals surface area contributed by atoms with Gasteiger partial charge in [-0.2, -0.15) is 0 Å². The van der Waals surface area contributed by atoms with Crippen LogP contribution in [0.5, 0.6) is 0 Å². The molecule has 0 aliphatic carbocycles. The lowest BCUT2D eigenvalue weighted by Gasteiger charge is -2.24. The highest BCUT2D eigenvalue weighted by Gasteiger charge is 2.18. The van der Waals surface area contributed by atoms with Crippen molar-refractivity contribution < 1.29 is 9.90 Å². The Morgan fingerprint density at radius 2 is 2.10 bits per heavy atom. The minimum atomic E-state index is -0.234. The maximum absolute atomic E-state index is 12.6. The molecule has 0 saturated carbocycles. The molecule has 1 heterocycles. The summed E-state index contributed by atoms with van der Waals surface area (Å²) < 4.78 is 0. The van der Waals surface area contributed by atoms with Crippen LogP contribution < -0.4 is 0 Å². The van der Waals surface area contributed by atoms with Gasteiger partial charge in [0.25, 0.3) is 5.91 Å². The van der Waals surface area contributed by atoms with Crippen LogP contribution in [0.2, 0.25) is 0 Å². The Kier molecular flexibility index (Phi) is 7.44. The smallest absolute Gasteiger partial charge is 0.273 e. The predicted molar refractivity (Wildman–Crippen MR) is 82.9 cm³/mol.